The molecule has 104 valence electrons. The molecule has 5 heteroatoms. The summed E-state index contributed by atoms with van der Waals surface area (Å²) >= 11 is 0. The molecule has 1 heterocycles. The van der Waals surface area contributed by atoms with E-state index in [1.165, 1.54) is 6.20 Å². The summed E-state index contributed by atoms with van der Waals surface area (Å²) in [5, 5.41) is 2.81. The molecule has 0 atom stereocenters. The summed E-state index contributed by atoms with van der Waals surface area (Å²) in [5.74, 6) is 0.979. The van der Waals surface area contributed by atoms with E-state index in [-0.39, 0.29) is 5.91 Å². The summed E-state index contributed by atoms with van der Waals surface area (Å²) < 4.78 is 10.4. The van der Waals surface area contributed by atoms with Gasteiger partial charge < -0.3 is 14.8 Å². The number of carbonyl (C=O) groups excluding carboxylic acids is 1. The summed E-state index contributed by atoms with van der Waals surface area (Å²) in [7, 11) is 3.12. The Morgan fingerprint density at radius 3 is 2.65 bits per heavy atom. The summed E-state index contributed by atoms with van der Waals surface area (Å²) in [6.07, 6.45) is 3.19. The third kappa shape index (κ3) is 2.88. The van der Waals surface area contributed by atoms with Gasteiger partial charge in [-0.05, 0) is 30.7 Å². The predicted molar refractivity (Wildman–Crippen MR) is 76.5 cm³/mol. The van der Waals surface area contributed by atoms with Crippen LogP contribution >= 0.6 is 0 Å². The lowest BCUT2D eigenvalue weighted by Crippen LogP contribution is -2.14. The van der Waals surface area contributed by atoms with Crippen LogP contribution in [0.15, 0.2) is 36.7 Å². The highest BCUT2D eigenvalue weighted by atomic mass is 16.5. The zero-order valence-electron chi connectivity index (χ0n) is 11.6. The molecule has 0 aliphatic carbocycles. The maximum absolute atomic E-state index is 12.3. The predicted octanol–water partition coefficient (Wildman–Crippen LogP) is 2.66. The van der Waals surface area contributed by atoms with Crippen molar-refractivity contribution in [1.29, 1.82) is 0 Å². The minimum atomic E-state index is -0.234. The number of hydrogen-bond acceptors (Lipinski definition) is 4. The van der Waals surface area contributed by atoms with Gasteiger partial charge in [0.25, 0.3) is 5.91 Å². The van der Waals surface area contributed by atoms with Gasteiger partial charge in [0.05, 0.1) is 25.5 Å². The van der Waals surface area contributed by atoms with Crippen molar-refractivity contribution in [2.45, 2.75) is 6.92 Å². The molecule has 0 fully saturated rings. The Morgan fingerprint density at radius 1 is 1.20 bits per heavy atom. The second-order valence-electron chi connectivity index (χ2n) is 4.21. The van der Waals surface area contributed by atoms with Crippen molar-refractivity contribution in [3.8, 4) is 11.5 Å². The third-order valence-corrected chi connectivity index (χ3v) is 2.94. The van der Waals surface area contributed by atoms with Crippen molar-refractivity contribution >= 4 is 11.6 Å². The van der Waals surface area contributed by atoms with Gasteiger partial charge in [0.2, 0.25) is 0 Å². The summed E-state index contributed by atoms with van der Waals surface area (Å²) in [6, 6.07) is 7.01. The van der Waals surface area contributed by atoms with Crippen LogP contribution in [-0.2, 0) is 0 Å². The number of pyridine rings is 1. The van der Waals surface area contributed by atoms with E-state index in [0.717, 1.165) is 5.56 Å². The maximum atomic E-state index is 12.3. The average Bonchev–Trinajstić information content (AvgIpc) is 2.47. The van der Waals surface area contributed by atoms with Gasteiger partial charge in [-0.2, -0.15) is 0 Å². The second-order valence-corrected chi connectivity index (χ2v) is 4.21. The van der Waals surface area contributed by atoms with Crippen molar-refractivity contribution < 1.29 is 14.3 Å². The molecule has 0 radical (unpaired) electrons. The molecule has 0 bridgehead atoms. The van der Waals surface area contributed by atoms with Gasteiger partial charge in [-0.15, -0.1) is 0 Å². The number of methoxy groups -OCH3 is 2. The van der Waals surface area contributed by atoms with Crippen molar-refractivity contribution in [1.82, 2.24) is 4.98 Å². The Kier molecular flexibility index (Phi) is 4.20. The molecule has 2 aromatic rings. The van der Waals surface area contributed by atoms with Gasteiger partial charge in [0.1, 0.15) is 11.5 Å². The van der Waals surface area contributed by atoms with Gasteiger partial charge in [-0.3, -0.25) is 9.78 Å². The van der Waals surface area contributed by atoms with Crippen LogP contribution in [-0.4, -0.2) is 25.1 Å². The number of aromatic nitrogens is 1. The van der Waals surface area contributed by atoms with E-state index in [2.05, 4.69) is 10.3 Å². The highest BCUT2D eigenvalue weighted by Gasteiger charge is 2.12. The van der Waals surface area contributed by atoms with Crippen LogP contribution in [0.2, 0.25) is 0 Å². The van der Waals surface area contributed by atoms with E-state index in [4.69, 9.17) is 9.47 Å². The van der Waals surface area contributed by atoms with Crippen LogP contribution in [0.25, 0.3) is 0 Å². The van der Waals surface area contributed by atoms with Crippen LogP contribution in [0.5, 0.6) is 11.5 Å². The SMILES string of the molecule is COc1ccc(OC)c(NC(=O)c2cnccc2C)c1. The maximum Gasteiger partial charge on any atom is 0.257 e. The number of amides is 1. The number of ether oxygens (including phenoxy) is 2. The number of anilines is 1. The fourth-order valence-electron chi connectivity index (χ4n) is 1.80. The number of nitrogens with one attached hydrogen (secondary N) is 1. The molecule has 2 rings (SSSR count). The number of aryl methyl sites for hydroxylation is 1. The molecule has 0 aliphatic heterocycles. The molecule has 1 N–H and O–H groups in total. The highest BCUT2D eigenvalue weighted by Crippen LogP contribution is 2.29. The van der Waals surface area contributed by atoms with Crippen molar-refractivity contribution in [3.63, 3.8) is 0 Å². The summed E-state index contributed by atoms with van der Waals surface area (Å²) in [5.41, 5.74) is 1.94. The zero-order valence-corrected chi connectivity index (χ0v) is 11.6. The first kappa shape index (κ1) is 13.9. The topological polar surface area (TPSA) is 60.5 Å². The number of hydrogen-bond donors (Lipinski definition) is 1. The number of nitrogens with zero attached hydrogens (tertiary/aromatic N) is 1. The number of benzene rings is 1. The minimum absolute atomic E-state index is 0.234. The molecule has 0 saturated heterocycles. The Labute approximate surface area is 117 Å². The van der Waals surface area contributed by atoms with Gasteiger partial charge in [-0.25, -0.2) is 0 Å². The average molecular weight is 272 g/mol. The van der Waals surface area contributed by atoms with Gasteiger partial charge in [-0.1, -0.05) is 0 Å². The van der Waals surface area contributed by atoms with Gasteiger partial charge >= 0.3 is 0 Å². The first-order valence-corrected chi connectivity index (χ1v) is 6.09. The number of rotatable bonds is 4. The Bertz CT molecular complexity index is 626. The van der Waals surface area contributed by atoms with Crippen molar-refractivity contribution in [3.05, 3.63) is 47.8 Å². The first-order chi connectivity index (χ1) is 9.65. The molecule has 0 aliphatic rings. The van der Waals surface area contributed by atoms with E-state index in [1.807, 2.05) is 6.92 Å². The van der Waals surface area contributed by atoms with Crippen LogP contribution < -0.4 is 14.8 Å². The summed E-state index contributed by atoms with van der Waals surface area (Å²) in [6.45, 7) is 1.86. The lowest BCUT2D eigenvalue weighted by atomic mass is 10.1. The molecule has 20 heavy (non-hydrogen) atoms. The summed E-state index contributed by atoms with van der Waals surface area (Å²) in [4.78, 5) is 16.2. The minimum Gasteiger partial charge on any atom is -0.497 e. The molecule has 0 unspecified atom stereocenters. The van der Waals surface area contributed by atoms with Crippen LogP contribution in [0.4, 0.5) is 5.69 Å². The standard InChI is InChI=1S/C15H16N2O3/c1-10-6-7-16-9-12(10)15(18)17-13-8-11(19-2)4-5-14(13)20-3/h4-9H,1-3H3,(H,17,18). The first-order valence-electron chi connectivity index (χ1n) is 6.09. The fraction of sp³-hybridized carbons (Fsp3) is 0.200. The third-order valence-electron chi connectivity index (χ3n) is 2.94. The molecule has 0 saturated carbocycles. The van der Waals surface area contributed by atoms with Gasteiger partial charge in [0.15, 0.2) is 0 Å². The molecule has 1 aromatic heterocycles. The normalized spacial score (nSPS) is 9.95. The largest absolute Gasteiger partial charge is 0.497 e. The number of carbonyl (C=O) groups is 1. The van der Waals surface area contributed by atoms with Crippen LogP contribution in [0.1, 0.15) is 15.9 Å². The van der Waals surface area contributed by atoms with E-state index >= 15 is 0 Å². The van der Waals surface area contributed by atoms with Crippen molar-refractivity contribution in [2.75, 3.05) is 19.5 Å². The van der Waals surface area contributed by atoms with E-state index in [1.54, 1.807) is 44.7 Å². The fourth-order valence-corrected chi connectivity index (χ4v) is 1.80. The lowest BCUT2D eigenvalue weighted by molar-refractivity contribution is 0.102. The Hall–Kier alpha value is -2.56. The van der Waals surface area contributed by atoms with Crippen LogP contribution in [0.3, 0.4) is 0 Å². The van der Waals surface area contributed by atoms with E-state index < -0.39 is 0 Å². The second kappa shape index (κ2) is 6.06. The van der Waals surface area contributed by atoms with Crippen molar-refractivity contribution in [2.24, 2.45) is 0 Å². The molecular weight excluding hydrogens is 256 g/mol. The van der Waals surface area contributed by atoms with E-state index in [9.17, 15) is 4.79 Å². The Balaban J connectivity index is 2.29. The lowest BCUT2D eigenvalue weighted by Gasteiger charge is -2.12. The Morgan fingerprint density at radius 2 is 2.00 bits per heavy atom. The molecular formula is C15H16N2O3. The quantitative estimate of drug-likeness (QED) is 0.929. The van der Waals surface area contributed by atoms with E-state index in [0.29, 0.717) is 22.7 Å². The molecule has 1 aromatic carbocycles. The molecule has 5 nitrogen and oxygen atoms in total. The van der Waals surface area contributed by atoms with Gasteiger partial charge in [0, 0.05) is 18.5 Å². The smallest absolute Gasteiger partial charge is 0.257 e. The monoisotopic (exact) mass is 272 g/mol. The van der Waals surface area contributed by atoms with Crippen LogP contribution in [0, 0.1) is 6.92 Å². The highest BCUT2D eigenvalue weighted by molar-refractivity contribution is 6.05. The zero-order chi connectivity index (χ0) is 14.5. The molecule has 1 amide bonds. The molecule has 0 spiro atoms.